The zero-order chi connectivity index (χ0) is 11.4. The fourth-order valence-corrected chi connectivity index (χ4v) is 3.34. The molecule has 0 bridgehead atoms. The Morgan fingerprint density at radius 1 is 1.07 bits per heavy atom. The molecule has 0 N–H and O–H groups in total. The van der Waals surface area contributed by atoms with Crippen LogP contribution < -0.4 is 0 Å². The molecule has 0 saturated heterocycles. The average molecular weight is 265 g/mol. The Labute approximate surface area is 98.6 Å². The van der Waals surface area contributed by atoms with Crippen molar-refractivity contribution in [3.63, 3.8) is 0 Å². The zero-order valence-electron chi connectivity index (χ0n) is 10.7. The van der Waals surface area contributed by atoms with E-state index in [-0.39, 0.29) is 4.45 Å². The lowest BCUT2D eigenvalue weighted by atomic mass is 10.1. The molecule has 0 aromatic rings. The van der Waals surface area contributed by atoms with E-state index in [0.717, 1.165) is 0 Å². The van der Waals surface area contributed by atoms with Crippen LogP contribution in [0.3, 0.4) is 0 Å². The summed E-state index contributed by atoms with van der Waals surface area (Å²) < 4.78 is 1.37. The summed E-state index contributed by atoms with van der Waals surface area (Å²) in [6, 6.07) is 0.685. The van der Waals surface area contributed by atoms with Crippen LogP contribution in [0.2, 0.25) is 0 Å². The maximum Gasteiger partial charge on any atom is 0.148 e. The second kappa shape index (κ2) is 5.50. The van der Waals surface area contributed by atoms with E-state index in [9.17, 15) is 0 Å². The molecule has 0 aliphatic heterocycles. The van der Waals surface area contributed by atoms with E-state index in [0.29, 0.717) is 6.04 Å². The van der Waals surface area contributed by atoms with Crippen molar-refractivity contribution in [3.8, 4) is 0 Å². The molecule has 0 aromatic carbocycles. The third-order valence-corrected chi connectivity index (χ3v) is 4.00. The Morgan fingerprint density at radius 3 is 1.57 bits per heavy atom. The van der Waals surface area contributed by atoms with Crippen LogP contribution in [0.15, 0.2) is 0 Å². The Balaban J connectivity index is 4.94. The first-order valence-electron chi connectivity index (χ1n) is 5.87. The lowest BCUT2D eigenvalue weighted by Crippen LogP contribution is -2.63. The highest BCUT2D eigenvalue weighted by atomic mass is 79.9. The average Bonchev–Trinajstić information content (AvgIpc) is 2.01. The highest BCUT2D eigenvalue weighted by Gasteiger charge is 2.42. The number of quaternary nitrogens is 1. The van der Waals surface area contributed by atoms with E-state index >= 15 is 0 Å². The summed E-state index contributed by atoms with van der Waals surface area (Å²) >= 11 is 3.88. The second-order valence-corrected chi connectivity index (χ2v) is 6.93. The minimum absolute atomic E-state index is 0.188. The first-order chi connectivity index (χ1) is 6.31. The summed E-state index contributed by atoms with van der Waals surface area (Å²) in [6.45, 7) is 16.4. The van der Waals surface area contributed by atoms with Crippen LogP contribution in [0.4, 0.5) is 0 Å². The van der Waals surface area contributed by atoms with E-state index in [1.165, 1.54) is 30.4 Å². The number of nitrogens with zero attached hydrogens (tertiary/aromatic N) is 1. The monoisotopic (exact) mass is 264 g/mol. The minimum Gasteiger partial charge on any atom is -0.308 e. The Bertz CT molecular complexity index is 152. The Kier molecular flexibility index (Phi) is 5.68. The van der Waals surface area contributed by atoms with Gasteiger partial charge in [0.1, 0.15) is 4.45 Å². The minimum atomic E-state index is 0.188. The maximum atomic E-state index is 3.88. The molecule has 86 valence electrons. The van der Waals surface area contributed by atoms with Gasteiger partial charge in [0, 0.05) is 13.8 Å². The van der Waals surface area contributed by atoms with Gasteiger partial charge in [0.25, 0.3) is 0 Å². The molecule has 0 amide bonds. The van der Waals surface area contributed by atoms with Crippen LogP contribution in [-0.4, -0.2) is 28.1 Å². The lowest BCUT2D eigenvalue weighted by Gasteiger charge is -2.50. The molecule has 0 aromatic heterocycles. The van der Waals surface area contributed by atoms with Gasteiger partial charge in [-0.2, -0.15) is 0 Å². The molecule has 0 spiro atoms. The number of hydrogen-bond acceptors (Lipinski definition) is 0. The van der Waals surface area contributed by atoms with Gasteiger partial charge in [0.15, 0.2) is 0 Å². The van der Waals surface area contributed by atoms with Gasteiger partial charge >= 0.3 is 0 Å². The molecule has 0 rings (SSSR count). The molecule has 14 heavy (non-hydrogen) atoms. The van der Waals surface area contributed by atoms with Crippen molar-refractivity contribution >= 4 is 15.9 Å². The quantitative estimate of drug-likeness (QED) is 0.384. The van der Waals surface area contributed by atoms with Gasteiger partial charge in [-0.25, -0.2) is 0 Å². The molecule has 2 heteroatoms. The molecule has 0 radical (unpaired) electrons. The van der Waals surface area contributed by atoms with Gasteiger partial charge in [0.2, 0.25) is 0 Å². The summed E-state index contributed by atoms with van der Waals surface area (Å²) in [4.78, 5) is 0. The predicted octanol–water partition coefficient (Wildman–Crippen LogP) is 4.16. The topological polar surface area (TPSA) is 0 Å². The SMILES string of the molecule is CCC[N+](CCC)(C(C)C)C(C)(C)Br. The van der Waals surface area contributed by atoms with Crippen LogP contribution in [-0.2, 0) is 0 Å². The van der Waals surface area contributed by atoms with Crippen molar-refractivity contribution in [1.82, 2.24) is 0 Å². The van der Waals surface area contributed by atoms with Crippen molar-refractivity contribution in [2.24, 2.45) is 0 Å². The van der Waals surface area contributed by atoms with E-state index in [1.807, 2.05) is 0 Å². The second-order valence-electron chi connectivity index (χ2n) is 4.98. The van der Waals surface area contributed by atoms with Gasteiger partial charge in [-0.15, -0.1) is 0 Å². The normalized spacial score (nSPS) is 13.7. The van der Waals surface area contributed by atoms with E-state index in [4.69, 9.17) is 0 Å². The maximum absolute atomic E-state index is 3.88. The van der Waals surface area contributed by atoms with Gasteiger partial charge < -0.3 is 4.48 Å². The molecule has 0 unspecified atom stereocenters. The van der Waals surface area contributed by atoms with Crippen LogP contribution in [0.5, 0.6) is 0 Å². The summed E-state index contributed by atoms with van der Waals surface area (Å²) in [5.74, 6) is 0. The molecule has 1 nitrogen and oxygen atoms in total. The summed E-state index contributed by atoms with van der Waals surface area (Å²) in [6.07, 6.45) is 2.51. The van der Waals surface area contributed by atoms with Crippen LogP contribution in [0, 0.1) is 0 Å². The Morgan fingerprint density at radius 2 is 1.43 bits per heavy atom. The van der Waals surface area contributed by atoms with E-state index in [1.54, 1.807) is 0 Å². The largest absolute Gasteiger partial charge is 0.308 e. The summed E-state index contributed by atoms with van der Waals surface area (Å²) in [5, 5.41) is 0. The molecule has 0 fully saturated rings. The number of rotatable bonds is 6. The van der Waals surface area contributed by atoms with Gasteiger partial charge in [-0.05, 0) is 42.6 Å². The molecule has 0 saturated carbocycles. The van der Waals surface area contributed by atoms with Crippen molar-refractivity contribution < 1.29 is 4.48 Å². The fraction of sp³-hybridized carbons (Fsp3) is 1.00. The van der Waals surface area contributed by atoms with Gasteiger partial charge in [-0.3, -0.25) is 0 Å². The third-order valence-electron chi connectivity index (χ3n) is 3.29. The Hall–Kier alpha value is 0.440. The van der Waals surface area contributed by atoms with Crippen LogP contribution >= 0.6 is 15.9 Å². The van der Waals surface area contributed by atoms with Crippen LogP contribution in [0.25, 0.3) is 0 Å². The smallest absolute Gasteiger partial charge is 0.148 e. The predicted molar refractivity (Wildman–Crippen MR) is 68.7 cm³/mol. The van der Waals surface area contributed by atoms with Gasteiger partial charge in [0.05, 0.1) is 19.1 Å². The molecule has 0 aliphatic carbocycles. The molecular formula is C12H27BrN+. The molecule has 0 aliphatic rings. The summed E-state index contributed by atoms with van der Waals surface area (Å²) in [5.41, 5.74) is 0. The zero-order valence-corrected chi connectivity index (χ0v) is 12.3. The van der Waals surface area contributed by atoms with Crippen molar-refractivity contribution in [3.05, 3.63) is 0 Å². The van der Waals surface area contributed by atoms with Crippen molar-refractivity contribution in [2.45, 2.75) is 64.9 Å². The molecule has 0 atom stereocenters. The number of halogens is 1. The fourth-order valence-electron chi connectivity index (χ4n) is 2.57. The van der Waals surface area contributed by atoms with Crippen molar-refractivity contribution in [1.29, 1.82) is 0 Å². The molecular weight excluding hydrogens is 238 g/mol. The first kappa shape index (κ1) is 14.4. The first-order valence-corrected chi connectivity index (χ1v) is 6.67. The highest BCUT2D eigenvalue weighted by molar-refractivity contribution is 9.10. The van der Waals surface area contributed by atoms with E-state index < -0.39 is 0 Å². The standard InChI is InChI=1S/C12H27BrN/c1-7-9-14(10-8-2,11(3)4)12(5,6)13/h11H,7-10H2,1-6H3/q+1. The van der Waals surface area contributed by atoms with Crippen molar-refractivity contribution in [2.75, 3.05) is 13.1 Å². The third kappa shape index (κ3) is 2.96. The number of hydrogen-bond donors (Lipinski definition) is 0. The van der Waals surface area contributed by atoms with Gasteiger partial charge in [-0.1, -0.05) is 13.8 Å². The van der Waals surface area contributed by atoms with E-state index in [2.05, 4.69) is 57.5 Å². The number of alkyl halides is 1. The van der Waals surface area contributed by atoms with Crippen LogP contribution in [0.1, 0.15) is 54.4 Å². The lowest BCUT2D eigenvalue weighted by molar-refractivity contribution is -0.974. The molecule has 0 heterocycles. The summed E-state index contributed by atoms with van der Waals surface area (Å²) in [7, 11) is 0. The highest BCUT2D eigenvalue weighted by Crippen LogP contribution is 2.34.